The highest BCUT2D eigenvalue weighted by molar-refractivity contribution is 5.76. The number of carbonyl (C=O) groups excluding carboxylic acids is 1. The van der Waals surface area contributed by atoms with Crippen molar-refractivity contribution in [3.8, 4) is 0 Å². The highest BCUT2D eigenvalue weighted by atomic mass is 16.8. The van der Waals surface area contributed by atoms with E-state index in [1.54, 1.807) is 6.08 Å². The van der Waals surface area contributed by atoms with E-state index in [4.69, 9.17) is 28.4 Å². The summed E-state index contributed by atoms with van der Waals surface area (Å²) in [5, 5.41) is 121. The van der Waals surface area contributed by atoms with Crippen molar-refractivity contribution in [1.29, 1.82) is 0 Å². The van der Waals surface area contributed by atoms with E-state index in [-0.39, 0.29) is 18.9 Å². The Hall–Kier alpha value is -1.47. The number of rotatable bonds is 62. The van der Waals surface area contributed by atoms with Gasteiger partial charge < -0.3 is 89.9 Å². The third kappa shape index (κ3) is 37.8. The van der Waals surface area contributed by atoms with Crippen LogP contribution in [0.3, 0.4) is 0 Å². The molecule has 3 aliphatic rings. The minimum absolute atomic E-state index is 0.250. The predicted octanol–water partition coefficient (Wildman–Crippen LogP) is 12.0. The number of hydrogen-bond donors (Lipinski definition) is 12. The number of nitrogens with one attached hydrogen (secondary N) is 1. The summed E-state index contributed by atoms with van der Waals surface area (Å²) in [6.45, 7) is 1.79. The van der Waals surface area contributed by atoms with Crippen molar-refractivity contribution in [3.63, 3.8) is 0 Å². The fourth-order valence-corrected chi connectivity index (χ4v) is 13.5. The van der Waals surface area contributed by atoms with Crippen LogP contribution in [0.25, 0.3) is 0 Å². The molecule has 94 heavy (non-hydrogen) atoms. The van der Waals surface area contributed by atoms with Gasteiger partial charge in [0.05, 0.1) is 38.6 Å². The number of unbranched alkanes of at least 4 members (excludes halogenated alkanes) is 46. The molecule has 0 aliphatic carbocycles. The number of amides is 1. The van der Waals surface area contributed by atoms with Gasteiger partial charge in [-0.1, -0.05) is 315 Å². The third-order valence-corrected chi connectivity index (χ3v) is 19.8. The van der Waals surface area contributed by atoms with Crippen molar-refractivity contribution in [2.75, 3.05) is 26.4 Å². The smallest absolute Gasteiger partial charge is 0.220 e. The zero-order chi connectivity index (χ0) is 68.2. The van der Waals surface area contributed by atoms with Gasteiger partial charge in [-0.05, 0) is 19.3 Å². The molecule has 19 nitrogen and oxygen atoms in total. The van der Waals surface area contributed by atoms with Crippen LogP contribution in [-0.2, 0) is 33.2 Å². The average Bonchev–Trinajstić information content (AvgIpc) is 0.787. The van der Waals surface area contributed by atoms with Crippen molar-refractivity contribution in [1.82, 2.24) is 5.32 Å². The van der Waals surface area contributed by atoms with Gasteiger partial charge in [-0.15, -0.1) is 0 Å². The minimum atomic E-state index is -1.98. The number of aliphatic hydroxyl groups excluding tert-OH is 11. The van der Waals surface area contributed by atoms with E-state index in [0.717, 1.165) is 44.9 Å². The topological polar surface area (TPSA) is 307 Å². The quantitative estimate of drug-likeness (QED) is 0.0199. The first-order valence-electron chi connectivity index (χ1n) is 38.9. The number of allylic oxidation sites excluding steroid dienone is 1. The fraction of sp³-hybridized carbons (Fsp3) is 0.960. The highest BCUT2D eigenvalue weighted by Crippen LogP contribution is 2.33. The number of carbonyl (C=O) groups is 1. The van der Waals surface area contributed by atoms with Crippen molar-refractivity contribution in [2.24, 2.45) is 0 Å². The van der Waals surface area contributed by atoms with Crippen molar-refractivity contribution in [2.45, 2.75) is 433 Å². The molecule has 0 bridgehead atoms. The maximum Gasteiger partial charge on any atom is 0.220 e. The normalized spacial score (nSPS) is 27.4. The fourth-order valence-electron chi connectivity index (χ4n) is 13.5. The van der Waals surface area contributed by atoms with E-state index in [1.807, 2.05) is 6.08 Å². The molecule has 0 aromatic carbocycles. The van der Waals surface area contributed by atoms with E-state index < -0.39 is 124 Å². The van der Waals surface area contributed by atoms with Gasteiger partial charge >= 0.3 is 0 Å². The van der Waals surface area contributed by atoms with Gasteiger partial charge in [0.2, 0.25) is 5.91 Å². The molecule has 3 aliphatic heterocycles. The lowest BCUT2D eigenvalue weighted by Gasteiger charge is -2.48. The zero-order valence-corrected chi connectivity index (χ0v) is 59.2. The molecule has 3 rings (SSSR count). The molecule has 12 N–H and O–H groups in total. The van der Waals surface area contributed by atoms with Crippen LogP contribution in [-0.4, -0.2) is 193 Å². The van der Waals surface area contributed by atoms with Crippen LogP contribution in [0.4, 0.5) is 0 Å². The summed E-state index contributed by atoms with van der Waals surface area (Å²) in [4.78, 5) is 13.4. The van der Waals surface area contributed by atoms with E-state index in [9.17, 15) is 61.0 Å². The van der Waals surface area contributed by atoms with Gasteiger partial charge in [-0.3, -0.25) is 4.79 Å². The molecule has 0 radical (unpaired) electrons. The van der Waals surface area contributed by atoms with Gasteiger partial charge in [0, 0.05) is 6.42 Å². The molecule has 17 atom stereocenters. The maximum absolute atomic E-state index is 13.4. The monoisotopic (exact) mass is 1350 g/mol. The van der Waals surface area contributed by atoms with Gasteiger partial charge in [0.15, 0.2) is 18.9 Å². The van der Waals surface area contributed by atoms with Gasteiger partial charge in [0.25, 0.3) is 0 Å². The maximum atomic E-state index is 13.4. The second-order valence-corrected chi connectivity index (χ2v) is 28.2. The summed E-state index contributed by atoms with van der Waals surface area (Å²) < 4.78 is 34.4. The molecule has 19 heteroatoms. The van der Waals surface area contributed by atoms with Crippen LogP contribution in [0, 0.1) is 0 Å². The molecule has 0 aromatic heterocycles. The highest BCUT2D eigenvalue weighted by Gasteiger charge is 2.53. The molecule has 3 saturated heterocycles. The molecule has 556 valence electrons. The lowest BCUT2D eigenvalue weighted by Crippen LogP contribution is -2.66. The standard InChI is InChI=1S/C75H143NO18/c1-3-5-7-9-11-13-15-17-19-21-23-24-25-26-27-28-29-30-31-32-33-34-35-36-38-40-42-44-46-48-50-52-59(80)58(76-63(81)53-51-49-47-45-43-41-39-37-22-20-18-16-14-12-10-8-6-4-2)57-89-73-69(87)66(84)71(61(55-78)91-73)94-75-70(88)67(85)72(62(56-79)92-75)93-74-68(86)65(83)64(82)60(54-77)90-74/h50,52,58-62,64-75,77-80,82-88H,3-49,51,53-57H2,1-2H3,(H,76,81)/b52-50+. The first-order chi connectivity index (χ1) is 45.8. The van der Waals surface area contributed by atoms with Crippen LogP contribution in [0.15, 0.2) is 12.2 Å². The molecule has 1 amide bonds. The first-order valence-corrected chi connectivity index (χ1v) is 38.9. The summed E-state index contributed by atoms with van der Waals surface area (Å²) in [7, 11) is 0. The lowest BCUT2D eigenvalue weighted by atomic mass is 9.96. The Bertz CT molecular complexity index is 1750. The first kappa shape index (κ1) is 86.8. The van der Waals surface area contributed by atoms with E-state index >= 15 is 0 Å². The van der Waals surface area contributed by atoms with Gasteiger partial charge in [0.1, 0.15) is 73.2 Å². The summed E-state index contributed by atoms with van der Waals surface area (Å²) in [6.07, 6.45) is 39.2. The van der Waals surface area contributed by atoms with E-state index in [0.29, 0.717) is 6.42 Å². The molecular formula is C75H143NO18. The van der Waals surface area contributed by atoms with Crippen LogP contribution in [0.2, 0.25) is 0 Å². The number of ether oxygens (including phenoxy) is 6. The molecule has 3 fully saturated rings. The number of hydrogen-bond acceptors (Lipinski definition) is 18. The van der Waals surface area contributed by atoms with Crippen LogP contribution in [0.1, 0.15) is 328 Å². The molecular weight excluding hydrogens is 1200 g/mol. The average molecular weight is 1350 g/mol. The van der Waals surface area contributed by atoms with Crippen LogP contribution in [0.5, 0.6) is 0 Å². The summed E-state index contributed by atoms with van der Waals surface area (Å²) in [5.74, 6) is -0.268. The minimum Gasteiger partial charge on any atom is -0.394 e. The van der Waals surface area contributed by atoms with E-state index in [2.05, 4.69) is 19.2 Å². The van der Waals surface area contributed by atoms with E-state index in [1.165, 1.54) is 257 Å². The van der Waals surface area contributed by atoms with Crippen molar-refractivity contribution >= 4 is 5.91 Å². The Labute approximate surface area is 569 Å². The zero-order valence-electron chi connectivity index (χ0n) is 59.2. The number of aliphatic hydroxyl groups is 11. The van der Waals surface area contributed by atoms with Gasteiger partial charge in [-0.2, -0.15) is 0 Å². The predicted molar refractivity (Wildman–Crippen MR) is 370 cm³/mol. The summed E-state index contributed by atoms with van der Waals surface area (Å²) >= 11 is 0. The Morgan fingerprint density at radius 3 is 1.00 bits per heavy atom. The third-order valence-electron chi connectivity index (χ3n) is 19.8. The molecule has 0 aromatic rings. The van der Waals surface area contributed by atoms with Crippen LogP contribution < -0.4 is 5.32 Å². The Morgan fingerprint density at radius 2 is 0.660 bits per heavy atom. The molecule has 0 spiro atoms. The van der Waals surface area contributed by atoms with Crippen molar-refractivity contribution in [3.05, 3.63) is 12.2 Å². The second-order valence-electron chi connectivity index (χ2n) is 28.2. The second kappa shape index (κ2) is 57.2. The summed E-state index contributed by atoms with van der Waals surface area (Å²) in [5.41, 5.74) is 0. The largest absolute Gasteiger partial charge is 0.394 e. The van der Waals surface area contributed by atoms with Crippen molar-refractivity contribution < 1.29 is 89.4 Å². The van der Waals surface area contributed by atoms with Gasteiger partial charge in [-0.25, -0.2) is 0 Å². The Kier molecular flexibility index (Phi) is 52.8. The molecule has 3 heterocycles. The summed E-state index contributed by atoms with van der Waals surface area (Å²) in [6, 6.07) is -0.969. The van der Waals surface area contributed by atoms with Crippen LogP contribution >= 0.6 is 0 Å². The Balaban J connectivity index is 1.37. The SMILES string of the molecule is CCCCCCCCCCCCCCCCCCCCCCCCCCCCCCC/C=C/C(O)C(COC1OC(CO)C(OC2OC(CO)C(OC3OC(CO)C(O)C(O)C3O)C(O)C2O)C(O)C1O)NC(=O)CCCCCCCCCCCCCCCCCCCC. The molecule has 17 unspecified atom stereocenters. The molecule has 0 saturated carbocycles. The Morgan fingerprint density at radius 1 is 0.372 bits per heavy atom. The lowest BCUT2D eigenvalue weighted by molar-refractivity contribution is -0.379.